The second kappa shape index (κ2) is 5.63. The Labute approximate surface area is 106 Å². The van der Waals surface area contributed by atoms with Crippen LogP contribution in [0.4, 0.5) is 0 Å². The summed E-state index contributed by atoms with van der Waals surface area (Å²) in [7, 11) is 0. The number of carbonyl (C=O) groups excluding carboxylic acids is 1. The van der Waals surface area contributed by atoms with E-state index in [1.54, 1.807) is 12.1 Å². The summed E-state index contributed by atoms with van der Waals surface area (Å²) in [4.78, 5) is 22.9. The first-order valence-corrected chi connectivity index (χ1v) is 6.14. The lowest BCUT2D eigenvalue weighted by Gasteiger charge is -2.21. The number of carbonyl (C=O) groups is 2. The molecule has 0 heterocycles. The minimum Gasteiger partial charge on any atom is -0.481 e. The Hall–Kier alpha value is -1.90. The zero-order chi connectivity index (χ0) is 13.0. The molecule has 1 aromatic carbocycles. The predicted molar refractivity (Wildman–Crippen MR) is 68.4 cm³/mol. The van der Waals surface area contributed by atoms with Crippen LogP contribution < -0.4 is 0 Å². The third kappa shape index (κ3) is 3.06. The highest BCUT2D eigenvalue weighted by molar-refractivity contribution is 5.96. The van der Waals surface area contributed by atoms with Crippen LogP contribution in [0.15, 0.2) is 42.5 Å². The van der Waals surface area contributed by atoms with Gasteiger partial charge in [0.15, 0.2) is 5.78 Å². The number of hydrogen-bond acceptors (Lipinski definition) is 2. The van der Waals surface area contributed by atoms with Crippen LogP contribution in [0.1, 0.15) is 29.6 Å². The van der Waals surface area contributed by atoms with Crippen molar-refractivity contribution in [2.45, 2.75) is 19.3 Å². The number of carboxylic acid groups (broad SMARTS) is 1. The number of benzene rings is 1. The lowest BCUT2D eigenvalue weighted by atomic mass is 9.83. The average molecular weight is 244 g/mol. The minimum atomic E-state index is -0.767. The van der Waals surface area contributed by atoms with Crippen LogP contribution in [-0.2, 0) is 4.79 Å². The number of carboxylic acids is 1. The van der Waals surface area contributed by atoms with Crippen molar-refractivity contribution in [3.05, 3.63) is 48.0 Å². The first-order valence-electron chi connectivity index (χ1n) is 6.14. The topological polar surface area (TPSA) is 54.4 Å². The smallest absolute Gasteiger partial charge is 0.306 e. The molecule has 2 atom stereocenters. The molecule has 0 aromatic heterocycles. The molecule has 0 unspecified atom stereocenters. The molecule has 2 rings (SSSR count). The van der Waals surface area contributed by atoms with E-state index in [4.69, 9.17) is 5.11 Å². The van der Waals surface area contributed by atoms with E-state index in [0.717, 1.165) is 0 Å². The molecule has 1 aliphatic carbocycles. The van der Waals surface area contributed by atoms with Gasteiger partial charge in [-0.1, -0.05) is 42.5 Å². The van der Waals surface area contributed by atoms with Crippen molar-refractivity contribution < 1.29 is 14.7 Å². The number of Topliss-reactive ketones (excluding diaryl/α,β-unsaturated/α-hetero) is 1. The molecular formula is C15H16O3. The Morgan fingerprint density at radius 2 is 1.94 bits per heavy atom. The normalized spacial score (nSPS) is 22.7. The maximum Gasteiger partial charge on any atom is 0.306 e. The molecule has 0 aliphatic heterocycles. The van der Waals surface area contributed by atoms with E-state index in [-0.39, 0.29) is 17.6 Å². The summed E-state index contributed by atoms with van der Waals surface area (Å²) in [5.41, 5.74) is 0.698. The third-order valence-corrected chi connectivity index (χ3v) is 3.31. The second-order valence-electron chi connectivity index (χ2n) is 4.69. The standard InChI is InChI=1S/C15H16O3/c16-14(12-6-2-1-3-7-12)10-11-5-4-8-13(9-11)15(17)18/h1-7,11,13H,8-10H2,(H,17,18)/t11-,13+/m0/s1. The Kier molecular flexibility index (Phi) is 3.92. The molecule has 18 heavy (non-hydrogen) atoms. The molecule has 3 nitrogen and oxygen atoms in total. The average Bonchev–Trinajstić information content (AvgIpc) is 2.40. The molecule has 1 aliphatic rings. The van der Waals surface area contributed by atoms with Crippen LogP contribution in [0, 0.1) is 11.8 Å². The van der Waals surface area contributed by atoms with Crippen molar-refractivity contribution in [3.63, 3.8) is 0 Å². The number of hydrogen-bond donors (Lipinski definition) is 1. The molecule has 3 heteroatoms. The summed E-state index contributed by atoms with van der Waals surface area (Å²) in [6.45, 7) is 0. The van der Waals surface area contributed by atoms with Crippen molar-refractivity contribution in [1.82, 2.24) is 0 Å². The molecule has 0 amide bonds. The zero-order valence-electron chi connectivity index (χ0n) is 10.1. The van der Waals surface area contributed by atoms with Gasteiger partial charge >= 0.3 is 5.97 Å². The first kappa shape index (κ1) is 12.6. The fraction of sp³-hybridized carbons (Fsp3) is 0.333. The maximum absolute atomic E-state index is 12.0. The van der Waals surface area contributed by atoms with Gasteiger partial charge in [0.25, 0.3) is 0 Å². The van der Waals surface area contributed by atoms with Gasteiger partial charge in [-0.15, -0.1) is 0 Å². The van der Waals surface area contributed by atoms with Crippen molar-refractivity contribution in [2.75, 3.05) is 0 Å². The van der Waals surface area contributed by atoms with Gasteiger partial charge in [0.05, 0.1) is 5.92 Å². The molecule has 0 spiro atoms. The number of aliphatic carboxylic acids is 1. The quantitative estimate of drug-likeness (QED) is 0.654. The number of ketones is 1. The molecule has 0 fully saturated rings. The van der Waals surface area contributed by atoms with Gasteiger partial charge < -0.3 is 5.11 Å². The van der Waals surface area contributed by atoms with Crippen molar-refractivity contribution in [3.8, 4) is 0 Å². The van der Waals surface area contributed by atoms with E-state index >= 15 is 0 Å². The number of rotatable bonds is 4. The summed E-state index contributed by atoms with van der Waals surface area (Å²) in [6.07, 6.45) is 5.38. The summed E-state index contributed by atoms with van der Waals surface area (Å²) in [6, 6.07) is 9.14. The fourth-order valence-corrected chi connectivity index (χ4v) is 2.31. The summed E-state index contributed by atoms with van der Waals surface area (Å²) in [5, 5.41) is 8.99. The fourth-order valence-electron chi connectivity index (χ4n) is 2.31. The van der Waals surface area contributed by atoms with Crippen LogP contribution in [0.2, 0.25) is 0 Å². The van der Waals surface area contributed by atoms with E-state index in [1.165, 1.54) is 0 Å². The summed E-state index contributed by atoms with van der Waals surface area (Å²) < 4.78 is 0. The second-order valence-corrected chi connectivity index (χ2v) is 4.69. The predicted octanol–water partition coefficient (Wildman–Crippen LogP) is 2.93. The molecule has 1 aromatic rings. The third-order valence-electron chi connectivity index (χ3n) is 3.31. The van der Waals surface area contributed by atoms with Gasteiger partial charge in [0.1, 0.15) is 0 Å². The highest BCUT2D eigenvalue weighted by Crippen LogP contribution is 2.27. The molecular weight excluding hydrogens is 228 g/mol. The Balaban J connectivity index is 1.98. The Morgan fingerprint density at radius 3 is 2.61 bits per heavy atom. The van der Waals surface area contributed by atoms with Crippen molar-refractivity contribution in [1.29, 1.82) is 0 Å². The van der Waals surface area contributed by atoms with Crippen molar-refractivity contribution in [2.24, 2.45) is 11.8 Å². The van der Waals surface area contributed by atoms with E-state index in [2.05, 4.69) is 0 Å². The molecule has 0 bridgehead atoms. The minimum absolute atomic E-state index is 0.0487. The van der Waals surface area contributed by atoms with Crippen LogP contribution in [0.5, 0.6) is 0 Å². The SMILES string of the molecule is O=C(C[C@H]1C=CC[C@@H](C(=O)O)C1)c1ccccc1. The van der Waals surface area contributed by atoms with Crippen molar-refractivity contribution >= 4 is 11.8 Å². The van der Waals surface area contributed by atoms with Gasteiger partial charge in [0.2, 0.25) is 0 Å². The molecule has 0 radical (unpaired) electrons. The summed E-state index contributed by atoms with van der Waals surface area (Å²) in [5.74, 6) is -0.982. The number of allylic oxidation sites excluding steroid dienone is 2. The Morgan fingerprint density at radius 1 is 1.22 bits per heavy atom. The van der Waals surface area contributed by atoms with E-state index in [9.17, 15) is 9.59 Å². The molecule has 0 saturated heterocycles. The van der Waals surface area contributed by atoms with E-state index in [0.29, 0.717) is 24.8 Å². The van der Waals surface area contributed by atoms with Gasteiger partial charge in [-0.2, -0.15) is 0 Å². The van der Waals surface area contributed by atoms with Gasteiger partial charge in [-0.3, -0.25) is 9.59 Å². The van der Waals surface area contributed by atoms with E-state index in [1.807, 2.05) is 30.4 Å². The lowest BCUT2D eigenvalue weighted by molar-refractivity contribution is -0.142. The highest BCUT2D eigenvalue weighted by atomic mass is 16.4. The molecule has 1 N–H and O–H groups in total. The molecule has 94 valence electrons. The first-order chi connectivity index (χ1) is 8.66. The summed E-state index contributed by atoms with van der Waals surface area (Å²) >= 11 is 0. The lowest BCUT2D eigenvalue weighted by Crippen LogP contribution is -2.21. The molecule has 0 saturated carbocycles. The van der Waals surface area contributed by atoms with Crippen LogP contribution in [-0.4, -0.2) is 16.9 Å². The van der Waals surface area contributed by atoms with Gasteiger partial charge in [-0.25, -0.2) is 0 Å². The highest BCUT2D eigenvalue weighted by Gasteiger charge is 2.25. The van der Waals surface area contributed by atoms with Gasteiger partial charge in [-0.05, 0) is 18.8 Å². The van der Waals surface area contributed by atoms with Crippen LogP contribution in [0.25, 0.3) is 0 Å². The zero-order valence-corrected chi connectivity index (χ0v) is 10.1. The monoisotopic (exact) mass is 244 g/mol. The van der Waals surface area contributed by atoms with Crippen LogP contribution >= 0.6 is 0 Å². The maximum atomic E-state index is 12.0. The van der Waals surface area contributed by atoms with Gasteiger partial charge in [0, 0.05) is 12.0 Å². The van der Waals surface area contributed by atoms with Crippen LogP contribution in [0.3, 0.4) is 0 Å². The largest absolute Gasteiger partial charge is 0.481 e. The van der Waals surface area contributed by atoms with E-state index < -0.39 is 5.97 Å². The Bertz CT molecular complexity index is 462.